The van der Waals surface area contributed by atoms with E-state index >= 15 is 0 Å². The quantitative estimate of drug-likeness (QED) is 0.386. The van der Waals surface area contributed by atoms with Crippen LogP contribution in [0.15, 0.2) is 6.33 Å². The molecule has 1 rings (SSSR count). The number of methoxy groups -OCH3 is 1. The molecule has 0 amide bonds. The Bertz CT molecular complexity index is 361. The third-order valence-electron chi connectivity index (χ3n) is 2.51. The number of aromatic nitrogens is 2. The highest BCUT2D eigenvalue weighted by Crippen LogP contribution is 2.21. The maximum Gasteiger partial charge on any atom is 0.148 e. The molecule has 0 radical (unpaired) electrons. The van der Waals surface area contributed by atoms with Crippen LogP contribution in [0.1, 0.15) is 18.9 Å². The number of ether oxygens (including phenoxy) is 1. The lowest BCUT2D eigenvalue weighted by atomic mass is 10.1. The Morgan fingerprint density at radius 1 is 1.44 bits per heavy atom. The van der Waals surface area contributed by atoms with Gasteiger partial charge in [-0.2, -0.15) is 0 Å². The Morgan fingerprint density at radius 3 is 2.72 bits per heavy atom. The molecule has 5 N–H and O–H groups in total. The minimum absolute atomic E-state index is 0.0329. The van der Waals surface area contributed by atoms with Crippen molar-refractivity contribution in [2.24, 2.45) is 5.84 Å². The second-order valence-electron chi connectivity index (χ2n) is 3.92. The van der Waals surface area contributed by atoms with Gasteiger partial charge in [0, 0.05) is 12.7 Å². The summed E-state index contributed by atoms with van der Waals surface area (Å²) in [6.07, 6.45) is 3.18. The molecule has 1 aromatic heterocycles. The minimum Gasteiger partial charge on any atom is -0.394 e. The fourth-order valence-corrected chi connectivity index (χ4v) is 1.68. The number of anilines is 2. The van der Waals surface area contributed by atoms with Crippen molar-refractivity contribution < 1.29 is 9.84 Å². The molecule has 0 saturated carbocycles. The molecule has 0 aromatic carbocycles. The summed E-state index contributed by atoms with van der Waals surface area (Å²) in [6.45, 7) is 2.43. The molecule has 0 saturated heterocycles. The van der Waals surface area contributed by atoms with Crippen LogP contribution >= 0.6 is 0 Å². The molecule has 1 atom stereocenters. The van der Waals surface area contributed by atoms with Crippen molar-refractivity contribution in [2.45, 2.75) is 25.8 Å². The molecule has 0 aliphatic heterocycles. The number of nitrogen functional groups attached to an aromatic ring is 1. The van der Waals surface area contributed by atoms with Gasteiger partial charge in [-0.1, -0.05) is 13.3 Å². The van der Waals surface area contributed by atoms with Crippen molar-refractivity contribution in [3.8, 4) is 0 Å². The Labute approximate surface area is 107 Å². The van der Waals surface area contributed by atoms with E-state index in [2.05, 4.69) is 27.6 Å². The highest BCUT2D eigenvalue weighted by molar-refractivity contribution is 5.57. The maximum absolute atomic E-state index is 9.24. The first-order chi connectivity index (χ1) is 8.76. The predicted molar refractivity (Wildman–Crippen MR) is 70.2 cm³/mol. The van der Waals surface area contributed by atoms with Crippen molar-refractivity contribution in [3.63, 3.8) is 0 Å². The van der Waals surface area contributed by atoms with Crippen LogP contribution in [0, 0.1) is 0 Å². The second kappa shape index (κ2) is 7.80. The Hall–Kier alpha value is -1.44. The van der Waals surface area contributed by atoms with E-state index in [1.54, 1.807) is 7.11 Å². The zero-order valence-electron chi connectivity index (χ0n) is 10.8. The zero-order valence-corrected chi connectivity index (χ0v) is 10.8. The molecule has 102 valence electrons. The third kappa shape index (κ3) is 3.80. The molecular weight excluding hydrogens is 234 g/mol. The first-order valence-electron chi connectivity index (χ1n) is 5.93. The van der Waals surface area contributed by atoms with Gasteiger partial charge < -0.3 is 20.6 Å². The number of hydrogen-bond acceptors (Lipinski definition) is 7. The summed E-state index contributed by atoms with van der Waals surface area (Å²) in [5.74, 6) is 6.71. The summed E-state index contributed by atoms with van der Waals surface area (Å²) in [7, 11) is 1.59. The normalized spacial score (nSPS) is 12.2. The van der Waals surface area contributed by atoms with Crippen LogP contribution in [-0.4, -0.2) is 41.4 Å². The molecule has 0 aliphatic carbocycles. The van der Waals surface area contributed by atoms with Gasteiger partial charge in [0.05, 0.1) is 19.3 Å². The van der Waals surface area contributed by atoms with E-state index in [1.165, 1.54) is 6.33 Å². The van der Waals surface area contributed by atoms with E-state index in [0.29, 0.717) is 18.2 Å². The van der Waals surface area contributed by atoms with Gasteiger partial charge in [-0.3, -0.25) is 0 Å². The largest absolute Gasteiger partial charge is 0.394 e. The molecule has 0 fully saturated rings. The molecule has 7 heteroatoms. The number of hydrogen-bond donors (Lipinski definition) is 4. The molecule has 0 aliphatic rings. The fraction of sp³-hybridized carbons (Fsp3) is 0.636. The summed E-state index contributed by atoms with van der Waals surface area (Å²) in [6, 6.07) is -0.203. The van der Waals surface area contributed by atoms with E-state index in [4.69, 9.17) is 10.6 Å². The van der Waals surface area contributed by atoms with E-state index in [9.17, 15) is 5.11 Å². The molecule has 0 spiro atoms. The van der Waals surface area contributed by atoms with Gasteiger partial charge in [0.2, 0.25) is 0 Å². The predicted octanol–water partition coefficient (Wildman–Crippen LogP) is 0.134. The van der Waals surface area contributed by atoms with Gasteiger partial charge in [-0.25, -0.2) is 15.8 Å². The van der Waals surface area contributed by atoms with Crippen LogP contribution < -0.4 is 16.6 Å². The van der Waals surface area contributed by atoms with Crippen molar-refractivity contribution in [1.29, 1.82) is 0 Å². The molecular formula is C11H21N5O2. The summed E-state index contributed by atoms with van der Waals surface area (Å²) < 4.78 is 5.02. The molecule has 1 heterocycles. The number of hydrazine groups is 1. The highest BCUT2D eigenvalue weighted by atomic mass is 16.5. The summed E-state index contributed by atoms with van der Waals surface area (Å²) in [5.41, 5.74) is 3.47. The minimum atomic E-state index is -0.203. The molecule has 18 heavy (non-hydrogen) atoms. The molecule has 0 bridgehead atoms. The number of aliphatic hydroxyl groups excluding tert-OH is 1. The fourth-order valence-electron chi connectivity index (χ4n) is 1.68. The average Bonchev–Trinajstić information content (AvgIpc) is 2.40. The third-order valence-corrected chi connectivity index (χ3v) is 2.51. The van der Waals surface area contributed by atoms with Crippen molar-refractivity contribution in [1.82, 2.24) is 9.97 Å². The van der Waals surface area contributed by atoms with Crippen LogP contribution in [-0.2, 0) is 11.2 Å². The number of rotatable bonds is 8. The van der Waals surface area contributed by atoms with Gasteiger partial charge in [0.1, 0.15) is 18.0 Å². The number of nitrogens with two attached hydrogens (primary N) is 1. The van der Waals surface area contributed by atoms with Crippen LogP contribution in [0.4, 0.5) is 11.6 Å². The Balaban J connectivity index is 2.92. The van der Waals surface area contributed by atoms with E-state index < -0.39 is 0 Å². The SMILES string of the molecule is CCCc1c(NN)ncnc1NC(CO)COC. The molecule has 1 unspecified atom stereocenters. The number of nitrogens with one attached hydrogen (secondary N) is 2. The van der Waals surface area contributed by atoms with Crippen molar-refractivity contribution in [2.75, 3.05) is 31.1 Å². The molecule has 7 nitrogen and oxygen atoms in total. The van der Waals surface area contributed by atoms with E-state index in [1.807, 2.05) is 0 Å². The summed E-state index contributed by atoms with van der Waals surface area (Å²) in [5, 5.41) is 12.4. The van der Waals surface area contributed by atoms with Crippen LogP contribution in [0.25, 0.3) is 0 Å². The standard InChI is InChI=1S/C11H21N5O2/c1-3-4-9-10(13-7-14-11(9)16-12)15-8(5-17)6-18-2/h7-8,17H,3-6,12H2,1-2H3,(H2,13,14,15,16). The smallest absolute Gasteiger partial charge is 0.148 e. The van der Waals surface area contributed by atoms with Gasteiger partial charge in [0.15, 0.2) is 0 Å². The Morgan fingerprint density at radius 2 is 2.17 bits per heavy atom. The van der Waals surface area contributed by atoms with Crippen LogP contribution in [0.5, 0.6) is 0 Å². The number of aliphatic hydroxyl groups is 1. The first kappa shape index (κ1) is 14.6. The van der Waals surface area contributed by atoms with E-state index in [-0.39, 0.29) is 12.6 Å². The Kier molecular flexibility index (Phi) is 6.34. The van der Waals surface area contributed by atoms with Crippen LogP contribution in [0.2, 0.25) is 0 Å². The number of nitrogens with zero attached hydrogens (tertiary/aromatic N) is 2. The van der Waals surface area contributed by atoms with E-state index in [0.717, 1.165) is 18.4 Å². The zero-order chi connectivity index (χ0) is 13.4. The first-order valence-corrected chi connectivity index (χ1v) is 5.93. The van der Waals surface area contributed by atoms with Gasteiger partial charge >= 0.3 is 0 Å². The van der Waals surface area contributed by atoms with Crippen molar-refractivity contribution in [3.05, 3.63) is 11.9 Å². The maximum atomic E-state index is 9.24. The van der Waals surface area contributed by atoms with Crippen LogP contribution in [0.3, 0.4) is 0 Å². The lowest BCUT2D eigenvalue weighted by Gasteiger charge is -2.19. The average molecular weight is 255 g/mol. The second-order valence-corrected chi connectivity index (χ2v) is 3.92. The molecule has 1 aromatic rings. The lowest BCUT2D eigenvalue weighted by molar-refractivity contribution is 0.153. The van der Waals surface area contributed by atoms with Gasteiger partial charge in [0.25, 0.3) is 0 Å². The highest BCUT2D eigenvalue weighted by Gasteiger charge is 2.14. The topological polar surface area (TPSA) is 105 Å². The van der Waals surface area contributed by atoms with Gasteiger partial charge in [-0.05, 0) is 6.42 Å². The van der Waals surface area contributed by atoms with Gasteiger partial charge in [-0.15, -0.1) is 0 Å². The summed E-state index contributed by atoms with van der Waals surface area (Å²) in [4.78, 5) is 8.27. The van der Waals surface area contributed by atoms with Crippen molar-refractivity contribution >= 4 is 11.6 Å². The summed E-state index contributed by atoms with van der Waals surface area (Å²) >= 11 is 0. The lowest BCUT2D eigenvalue weighted by Crippen LogP contribution is -2.30. The monoisotopic (exact) mass is 255 g/mol.